The molecule has 2 atom stereocenters. The largest absolute Gasteiger partial charge is 0.394 e. The van der Waals surface area contributed by atoms with Crippen molar-refractivity contribution in [3.63, 3.8) is 0 Å². The topological polar surface area (TPSA) is 35.5 Å². The van der Waals surface area contributed by atoms with E-state index < -0.39 is 0 Å². The zero-order chi connectivity index (χ0) is 13.1. The summed E-state index contributed by atoms with van der Waals surface area (Å²) in [5.74, 6) is 0.678. The van der Waals surface area contributed by atoms with Gasteiger partial charge in [0.25, 0.3) is 0 Å². The molecule has 0 heterocycles. The van der Waals surface area contributed by atoms with E-state index in [1.165, 1.54) is 12.8 Å². The number of hydrogen-bond donors (Lipinski definition) is 2. The van der Waals surface area contributed by atoms with E-state index >= 15 is 0 Å². The van der Waals surface area contributed by atoms with Crippen molar-refractivity contribution in [1.82, 2.24) is 10.2 Å². The Morgan fingerprint density at radius 1 is 1.35 bits per heavy atom. The Morgan fingerprint density at radius 3 is 2.35 bits per heavy atom. The van der Waals surface area contributed by atoms with Crippen LogP contribution in [0, 0.1) is 5.92 Å². The summed E-state index contributed by atoms with van der Waals surface area (Å²) in [4.78, 5) is 2.40. The second kappa shape index (κ2) is 6.17. The van der Waals surface area contributed by atoms with Crippen LogP contribution in [0.4, 0.5) is 0 Å². The molecule has 1 saturated carbocycles. The lowest BCUT2D eigenvalue weighted by Crippen LogP contribution is -2.49. The Bertz CT molecular complexity index is 228. The monoisotopic (exact) mass is 242 g/mol. The van der Waals surface area contributed by atoms with Gasteiger partial charge in [-0.2, -0.15) is 0 Å². The molecule has 3 heteroatoms. The molecule has 1 aliphatic carbocycles. The smallest absolute Gasteiger partial charge is 0.0611 e. The zero-order valence-corrected chi connectivity index (χ0v) is 12.2. The molecule has 0 radical (unpaired) electrons. The van der Waals surface area contributed by atoms with E-state index in [2.05, 4.69) is 45.0 Å². The van der Waals surface area contributed by atoms with E-state index in [9.17, 15) is 5.11 Å². The van der Waals surface area contributed by atoms with Crippen molar-refractivity contribution >= 4 is 0 Å². The van der Waals surface area contributed by atoms with E-state index in [1.807, 2.05) is 0 Å². The lowest BCUT2D eigenvalue weighted by molar-refractivity contribution is 0.132. The summed E-state index contributed by atoms with van der Waals surface area (Å²) in [5.41, 5.74) is -0.105. The minimum atomic E-state index is -0.105. The lowest BCUT2D eigenvalue weighted by atomic mass is 9.97. The molecule has 0 spiro atoms. The minimum absolute atomic E-state index is 0.105. The molecule has 2 unspecified atom stereocenters. The molecule has 3 nitrogen and oxygen atoms in total. The zero-order valence-electron chi connectivity index (χ0n) is 12.2. The number of aliphatic hydroxyl groups is 1. The fraction of sp³-hybridized carbons (Fsp3) is 1.00. The highest BCUT2D eigenvalue weighted by Crippen LogP contribution is 2.24. The summed E-state index contributed by atoms with van der Waals surface area (Å²) in [5, 5.41) is 13.1. The van der Waals surface area contributed by atoms with Gasteiger partial charge < -0.3 is 15.3 Å². The van der Waals surface area contributed by atoms with Crippen LogP contribution < -0.4 is 5.32 Å². The molecule has 17 heavy (non-hydrogen) atoms. The van der Waals surface area contributed by atoms with Gasteiger partial charge in [-0.15, -0.1) is 0 Å². The van der Waals surface area contributed by atoms with Gasteiger partial charge in [0.2, 0.25) is 0 Å². The van der Waals surface area contributed by atoms with Gasteiger partial charge in [0, 0.05) is 17.6 Å². The van der Waals surface area contributed by atoms with Crippen molar-refractivity contribution in [1.29, 1.82) is 0 Å². The van der Waals surface area contributed by atoms with E-state index in [0.29, 0.717) is 18.0 Å². The number of nitrogens with zero attached hydrogens (tertiary/aromatic N) is 1. The van der Waals surface area contributed by atoms with Crippen LogP contribution >= 0.6 is 0 Å². The van der Waals surface area contributed by atoms with Crippen molar-refractivity contribution in [3.05, 3.63) is 0 Å². The van der Waals surface area contributed by atoms with Gasteiger partial charge in [-0.25, -0.2) is 0 Å². The molecule has 0 aliphatic heterocycles. The fourth-order valence-corrected chi connectivity index (χ4v) is 2.05. The molecule has 0 aromatic carbocycles. The molecular formula is C14H30N2O. The predicted molar refractivity (Wildman–Crippen MR) is 73.2 cm³/mol. The van der Waals surface area contributed by atoms with E-state index in [4.69, 9.17) is 0 Å². The summed E-state index contributed by atoms with van der Waals surface area (Å²) < 4.78 is 0. The molecule has 1 fully saturated rings. The predicted octanol–water partition coefficient (Wildman–Crippen LogP) is 1.86. The third-order valence-corrected chi connectivity index (χ3v) is 4.16. The third kappa shape index (κ3) is 4.94. The van der Waals surface area contributed by atoms with Gasteiger partial charge in [-0.05, 0) is 52.6 Å². The lowest BCUT2D eigenvalue weighted by Gasteiger charge is -2.34. The SMILES string of the molecule is CC(C)C(C)N(C)CCC(C)(CO)NC1CC1. The fourth-order valence-electron chi connectivity index (χ4n) is 2.05. The minimum Gasteiger partial charge on any atom is -0.394 e. The Balaban J connectivity index is 2.35. The second-order valence-corrected chi connectivity index (χ2v) is 6.35. The summed E-state index contributed by atoms with van der Waals surface area (Å²) >= 11 is 0. The summed E-state index contributed by atoms with van der Waals surface area (Å²) in [6.45, 7) is 10.2. The van der Waals surface area contributed by atoms with Crippen LogP contribution in [-0.2, 0) is 0 Å². The van der Waals surface area contributed by atoms with Crippen LogP contribution in [0.2, 0.25) is 0 Å². The van der Waals surface area contributed by atoms with Crippen molar-refractivity contribution in [2.24, 2.45) is 5.92 Å². The molecule has 0 aromatic rings. The Morgan fingerprint density at radius 2 is 1.94 bits per heavy atom. The molecule has 0 saturated heterocycles. The van der Waals surface area contributed by atoms with Gasteiger partial charge in [0.15, 0.2) is 0 Å². The Labute approximate surface area is 107 Å². The van der Waals surface area contributed by atoms with Crippen LogP contribution in [0.15, 0.2) is 0 Å². The molecule has 0 aromatic heterocycles. The highest BCUT2D eigenvalue weighted by Gasteiger charge is 2.32. The van der Waals surface area contributed by atoms with Crippen LogP contribution in [0.5, 0.6) is 0 Å². The van der Waals surface area contributed by atoms with E-state index in [0.717, 1.165) is 13.0 Å². The number of nitrogens with one attached hydrogen (secondary N) is 1. The first-order valence-electron chi connectivity index (χ1n) is 6.97. The molecular weight excluding hydrogens is 212 g/mol. The quantitative estimate of drug-likeness (QED) is 0.682. The van der Waals surface area contributed by atoms with Crippen molar-refractivity contribution in [2.75, 3.05) is 20.2 Å². The van der Waals surface area contributed by atoms with Gasteiger partial charge in [0.1, 0.15) is 0 Å². The van der Waals surface area contributed by atoms with Gasteiger partial charge in [0.05, 0.1) is 6.61 Å². The van der Waals surface area contributed by atoms with Crippen LogP contribution in [-0.4, -0.2) is 47.8 Å². The second-order valence-electron chi connectivity index (χ2n) is 6.35. The van der Waals surface area contributed by atoms with E-state index in [-0.39, 0.29) is 12.1 Å². The summed E-state index contributed by atoms with van der Waals surface area (Å²) in [6.07, 6.45) is 3.55. The van der Waals surface area contributed by atoms with Crippen LogP contribution in [0.1, 0.15) is 47.0 Å². The van der Waals surface area contributed by atoms with Gasteiger partial charge >= 0.3 is 0 Å². The first kappa shape index (κ1) is 14.9. The highest BCUT2D eigenvalue weighted by molar-refractivity contribution is 4.92. The maximum absolute atomic E-state index is 9.54. The molecule has 102 valence electrons. The number of rotatable bonds is 8. The molecule has 0 amide bonds. The first-order valence-corrected chi connectivity index (χ1v) is 6.97. The third-order valence-electron chi connectivity index (χ3n) is 4.16. The van der Waals surface area contributed by atoms with Crippen molar-refractivity contribution in [2.45, 2.75) is 64.6 Å². The molecule has 1 aliphatic rings. The summed E-state index contributed by atoms with van der Waals surface area (Å²) in [7, 11) is 2.18. The summed E-state index contributed by atoms with van der Waals surface area (Å²) in [6, 6.07) is 1.25. The Kier molecular flexibility index (Phi) is 5.42. The maximum atomic E-state index is 9.54. The highest BCUT2D eigenvalue weighted by atomic mass is 16.3. The Hall–Kier alpha value is -0.120. The van der Waals surface area contributed by atoms with Crippen molar-refractivity contribution in [3.8, 4) is 0 Å². The molecule has 1 rings (SSSR count). The maximum Gasteiger partial charge on any atom is 0.0611 e. The van der Waals surface area contributed by atoms with Gasteiger partial charge in [-0.1, -0.05) is 13.8 Å². The van der Waals surface area contributed by atoms with E-state index in [1.54, 1.807) is 0 Å². The van der Waals surface area contributed by atoms with Gasteiger partial charge in [-0.3, -0.25) is 0 Å². The number of hydrogen-bond acceptors (Lipinski definition) is 3. The van der Waals surface area contributed by atoms with Crippen molar-refractivity contribution < 1.29 is 5.11 Å². The molecule has 0 bridgehead atoms. The first-order chi connectivity index (χ1) is 7.88. The average Bonchev–Trinajstić information content (AvgIpc) is 3.08. The number of aliphatic hydroxyl groups excluding tert-OH is 1. The van der Waals surface area contributed by atoms with Crippen LogP contribution in [0.25, 0.3) is 0 Å². The standard InChI is InChI=1S/C14H30N2O/c1-11(2)12(3)16(5)9-8-14(4,10-17)15-13-6-7-13/h11-13,15,17H,6-10H2,1-5H3. The van der Waals surface area contributed by atoms with Crippen LogP contribution in [0.3, 0.4) is 0 Å². The molecule has 2 N–H and O–H groups in total. The average molecular weight is 242 g/mol. The normalized spacial score (nSPS) is 21.9.